The Hall–Kier alpha value is -3.92. The highest BCUT2D eigenvalue weighted by Crippen LogP contribution is 2.38. The number of hydrogen-bond acceptors (Lipinski definition) is 7. The van der Waals surface area contributed by atoms with E-state index in [0.717, 1.165) is 107 Å². The molecule has 2 unspecified atom stereocenters. The van der Waals surface area contributed by atoms with Crippen LogP contribution in [0.3, 0.4) is 0 Å². The predicted octanol–water partition coefficient (Wildman–Crippen LogP) is 6.74. The van der Waals surface area contributed by atoms with Crippen molar-refractivity contribution < 1.29 is 18.9 Å². The molecule has 5 heterocycles. The van der Waals surface area contributed by atoms with E-state index < -0.39 is 0 Å². The van der Waals surface area contributed by atoms with Crippen LogP contribution in [0.25, 0.3) is 33.1 Å². The molecular formula is C34H39N5O4. The second-order valence-corrected chi connectivity index (χ2v) is 11.5. The van der Waals surface area contributed by atoms with Crippen molar-refractivity contribution in [2.24, 2.45) is 0 Å². The van der Waals surface area contributed by atoms with Gasteiger partial charge in [-0.1, -0.05) is 24.3 Å². The molecule has 2 aliphatic heterocycles. The number of nitrogen functional groups attached to an aromatic ring is 1. The maximum absolute atomic E-state index is 6.75. The second-order valence-electron chi connectivity index (χ2n) is 11.5. The van der Waals surface area contributed by atoms with Gasteiger partial charge in [0.25, 0.3) is 0 Å². The van der Waals surface area contributed by atoms with Gasteiger partial charge in [0.15, 0.2) is 12.5 Å². The van der Waals surface area contributed by atoms with Crippen LogP contribution in [0.2, 0.25) is 0 Å². The first-order chi connectivity index (χ1) is 21.1. The SMILES string of the molecule is COc1ccc(Cn2c(COC3CCCCO3)c(C)c3c(N)nc4cc(-c5ccnn5C5CCCCO5)ccc4c32)cc1. The van der Waals surface area contributed by atoms with Crippen LogP contribution in [-0.4, -0.2) is 45.9 Å². The van der Waals surface area contributed by atoms with Gasteiger partial charge in [-0.05, 0) is 80.8 Å². The predicted molar refractivity (Wildman–Crippen MR) is 167 cm³/mol. The van der Waals surface area contributed by atoms with Crippen LogP contribution in [0.1, 0.15) is 61.6 Å². The van der Waals surface area contributed by atoms with Crippen molar-refractivity contribution in [2.75, 3.05) is 26.1 Å². The highest BCUT2D eigenvalue weighted by atomic mass is 16.7. The molecule has 3 aromatic heterocycles. The van der Waals surface area contributed by atoms with Gasteiger partial charge in [-0.2, -0.15) is 5.10 Å². The molecule has 43 heavy (non-hydrogen) atoms. The van der Waals surface area contributed by atoms with E-state index in [1.807, 2.05) is 29.1 Å². The van der Waals surface area contributed by atoms with Gasteiger partial charge in [-0.25, -0.2) is 9.67 Å². The van der Waals surface area contributed by atoms with Crippen LogP contribution in [0.15, 0.2) is 54.7 Å². The Balaban J connectivity index is 1.34. The van der Waals surface area contributed by atoms with E-state index in [1.165, 1.54) is 0 Å². The van der Waals surface area contributed by atoms with E-state index >= 15 is 0 Å². The minimum atomic E-state index is -0.187. The van der Waals surface area contributed by atoms with Crippen molar-refractivity contribution >= 4 is 27.6 Å². The summed E-state index contributed by atoms with van der Waals surface area (Å²) >= 11 is 0. The summed E-state index contributed by atoms with van der Waals surface area (Å²) in [4.78, 5) is 4.93. The lowest BCUT2D eigenvalue weighted by Gasteiger charge is -2.24. The minimum Gasteiger partial charge on any atom is -0.497 e. The van der Waals surface area contributed by atoms with Crippen LogP contribution < -0.4 is 10.5 Å². The Morgan fingerprint density at radius 1 is 0.977 bits per heavy atom. The van der Waals surface area contributed by atoms with Crippen LogP contribution >= 0.6 is 0 Å². The smallest absolute Gasteiger partial charge is 0.158 e. The fourth-order valence-corrected chi connectivity index (χ4v) is 6.53. The number of hydrogen-bond donors (Lipinski definition) is 1. The number of nitrogens with two attached hydrogens (primary N) is 1. The molecule has 0 saturated carbocycles. The molecule has 9 nitrogen and oxygen atoms in total. The van der Waals surface area contributed by atoms with Crippen LogP contribution in [0.5, 0.6) is 5.75 Å². The number of benzene rings is 2. The molecule has 2 fully saturated rings. The number of aromatic nitrogens is 4. The number of anilines is 1. The first kappa shape index (κ1) is 27.9. The van der Waals surface area contributed by atoms with Gasteiger partial charge in [0.1, 0.15) is 11.6 Å². The highest BCUT2D eigenvalue weighted by Gasteiger charge is 2.24. The van der Waals surface area contributed by atoms with Crippen molar-refractivity contribution in [3.8, 4) is 17.0 Å². The van der Waals surface area contributed by atoms with Crippen molar-refractivity contribution in [2.45, 2.75) is 71.1 Å². The van der Waals surface area contributed by atoms with E-state index in [4.69, 9.17) is 29.7 Å². The summed E-state index contributed by atoms with van der Waals surface area (Å²) < 4.78 is 28.0. The van der Waals surface area contributed by atoms with Crippen molar-refractivity contribution in [3.05, 3.63) is 71.5 Å². The van der Waals surface area contributed by atoms with Gasteiger partial charge < -0.3 is 29.2 Å². The monoisotopic (exact) mass is 581 g/mol. The average Bonchev–Trinajstić information content (AvgIpc) is 3.65. The third kappa shape index (κ3) is 5.37. The van der Waals surface area contributed by atoms with Gasteiger partial charge in [-0.15, -0.1) is 0 Å². The quantitative estimate of drug-likeness (QED) is 0.217. The summed E-state index contributed by atoms with van der Waals surface area (Å²) in [5, 5.41) is 6.64. The van der Waals surface area contributed by atoms with Crippen molar-refractivity contribution in [3.63, 3.8) is 0 Å². The molecule has 7 rings (SSSR count). The van der Waals surface area contributed by atoms with Gasteiger partial charge >= 0.3 is 0 Å². The van der Waals surface area contributed by atoms with E-state index in [0.29, 0.717) is 19.0 Å². The third-order valence-electron chi connectivity index (χ3n) is 8.83. The summed E-state index contributed by atoms with van der Waals surface area (Å²) in [6.07, 6.45) is 7.92. The van der Waals surface area contributed by atoms with Gasteiger partial charge in [0.2, 0.25) is 0 Å². The first-order valence-electron chi connectivity index (χ1n) is 15.3. The summed E-state index contributed by atoms with van der Waals surface area (Å²) in [6.45, 7) is 4.72. The molecule has 0 amide bonds. The molecule has 9 heteroatoms. The molecule has 2 saturated heterocycles. The van der Waals surface area contributed by atoms with Crippen molar-refractivity contribution in [1.82, 2.24) is 19.3 Å². The largest absolute Gasteiger partial charge is 0.497 e. The summed E-state index contributed by atoms with van der Waals surface area (Å²) in [6, 6.07) is 16.7. The first-order valence-corrected chi connectivity index (χ1v) is 15.3. The van der Waals surface area contributed by atoms with Crippen LogP contribution in [0.4, 0.5) is 5.82 Å². The maximum Gasteiger partial charge on any atom is 0.158 e. The summed E-state index contributed by atoms with van der Waals surface area (Å²) in [5.41, 5.74) is 14.0. The van der Waals surface area contributed by atoms with Crippen molar-refractivity contribution in [1.29, 1.82) is 0 Å². The third-order valence-corrected chi connectivity index (χ3v) is 8.83. The molecule has 224 valence electrons. The lowest BCUT2D eigenvalue weighted by Crippen LogP contribution is -2.22. The van der Waals surface area contributed by atoms with E-state index in [-0.39, 0.29) is 12.5 Å². The van der Waals surface area contributed by atoms with Gasteiger partial charge in [0.05, 0.1) is 30.4 Å². The molecular weight excluding hydrogens is 542 g/mol. The molecule has 0 bridgehead atoms. The number of fused-ring (bicyclic) bond motifs is 3. The molecule has 2 atom stereocenters. The molecule has 2 N–H and O–H groups in total. The van der Waals surface area contributed by atoms with E-state index in [2.05, 4.69) is 46.9 Å². The Kier molecular flexibility index (Phi) is 7.78. The Labute approximate surface area is 251 Å². The van der Waals surface area contributed by atoms with E-state index in [9.17, 15) is 0 Å². The fraction of sp³-hybridized carbons (Fsp3) is 0.412. The summed E-state index contributed by atoms with van der Waals surface area (Å²) in [7, 11) is 1.69. The lowest BCUT2D eigenvalue weighted by molar-refractivity contribution is -0.169. The molecule has 2 aromatic carbocycles. The number of ether oxygens (including phenoxy) is 4. The molecule has 5 aromatic rings. The van der Waals surface area contributed by atoms with Crippen LogP contribution in [0, 0.1) is 6.92 Å². The summed E-state index contributed by atoms with van der Waals surface area (Å²) in [5.74, 6) is 1.35. The highest BCUT2D eigenvalue weighted by molar-refractivity contribution is 6.11. The molecule has 0 aliphatic carbocycles. The van der Waals surface area contributed by atoms with Gasteiger partial charge in [-0.3, -0.25) is 0 Å². The Morgan fingerprint density at radius 3 is 2.53 bits per heavy atom. The topological polar surface area (TPSA) is 98.6 Å². The number of aryl methyl sites for hydroxylation is 1. The van der Waals surface area contributed by atoms with E-state index in [1.54, 1.807) is 7.11 Å². The average molecular weight is 582 g/mol. The number of rotatable bonds is 8. The fourth-order valence-electron chi connectivity index (χ4n) is 6.53. The number of methoxy groups -OCH3 is 1. The zero-order valence-corrected chi connectivity index (χ0v) is 24.9. The Bertz CT molecular complexity index is 1730. The second kappa shape index (κ2) is 12.0. The molecule has 0 spiro atoms. The lowest BCUT2D eigenvalue weighted by atomic mass is 10.1. The van der Waals surface area contributed by atoms with Gasteiger partial charge in [0, 0.05) is 48.0 Å². The molecule has 2 aliphatic rings. The standard InChI is InChI=1S/C34H39N5O4/c1-22-29(21-43-31-8-4-6-18-42-31)38(20-23-9-12-25(40-2)13-10-23)33-26-14-11-24(19-27(26)37-34(35)32(22)33)28-15-16-36-39(28)30-7-3-5-17-41-30/h9-16,19,30-31H,3-8,17-18,20-21H2,1-2H3,(H2,35,37). The zero-order valence-electron chi connectivity index (χ0n) is 24.9. The number of pyridine rings is 1. The maximum atomic E-state index is 6.75. The minimum absolute atomic E-state index is 0.0463. The number of nitrogens with zero attached hydrogens (tertiary/aromatic N) is 4. The molecule has 0 radical (unpaired) electrons. The zero-order chi connectivity index (χ0) is 29.3. The van der Waals surface area contributed by atoms with Crippen LogP contribution in [-0.2, 0) is 27.4 Å². The normalized spacial score (nSPS) is 19.3. The Morgan fingerprint density at radius 2 is 1.79 bits per heavy atom.